The van der Waals surface area contributed by atoms with Crippen molar-refractivity contribution in [3.8, 4) is 17.0 Å². The molecule has 27 heavy (non-hydrogen) atoms. The normalized spacial score (nSPS) is 15.6. The molecule has 8 heteroatoms. The number of para-hydroxylation sites is 1. The fourth-order valence-electron chi connectivity index (χ4n) is 3.61. The number of hydrogen-bond acceptors (Lipinski definition) is 5. The number of aromatic nitrogens is 2. The molecule has 0 atom stereocenters. The Labute approximate surface area is 157 Å². The fourth-order valence-corrected chi connectivity index (χ4v) is 3.61. The number of hydrogen-bond donors (Lipinski definition) is 0. The number of piperazine rings is 1. The van der Waals surface area contributed by atoms with Crippen LogP contribution in [0.15, 0.2) is 24.3 Å². The third kappa shape index (κ3) is 3.01. The zero-order valence-electron chi connectivity index (χ0n) is 15.5. The SMILES string of the molecule is CCOC(=O)N1CCN(C(=O)c2nn(C)c3c2COc2ccccc2-3)CC1. The summed E-state index contributed by atoms with van der Waals surface area (Å²) in [5.74, 6) is 0.674. The average molecular weight is 370 g/mol. The molecule has 0 unspecified atom stereocenters. The molecule has 0 radical (unpaired) electrons. The van der Waals surface area contributed by atoms with Crippen molar-refractivity contribution in [1.29, 1.82) is 0 Å². The summed E-state index contributed by atoms with van der Waals surface area (Å²) in [4.78, 5) is 28.2. The Morgan fingerprint density at radius 1 is 1.15 bits per heavy atom. The highest BCUT2D eigenvalue weighted by Gasteiger charge is 2.32. The lowest BCUT2D eigenvalue weighted by atomic mass is 10.0. The second-order valence-electron chi connectivity index (χ2n) is 6.56. The Morgan fingerprint density at radius 2 is 1.85 bits per heavy atom. The van der Waals surface area contributed by atoms with Crippen LogP contribution in [0.5, 0.6) is 5.75 Å². The van der Waals surface area contributed by atoms with E-state index < -0.39 is 0 Å². The van der Waals surface area contributed by atoms with Crippen LogP contribution in [0.3, 0.4) is 0 Å². The molecular formula is C19H22N4O4. The van der Waals surface area contributed by atoms with E-state index in [2.05, 4.69) is 5.10 Å². The minimum Gasteiger partial charge on any atom is -0.488 e. The first-order valence-electron chi connectivity index (χ1n) is 9.09. The molecule has 2 aromatic rings. The predicted molar refractivity (Wildman–Crippen MR) is 97.5 cm³/mol. The monoisotopic (exact) mass is 370 g/mol. The Balaban J connectivity index is 1.54. The van der Waals surface area contributed by atoms with Crippen molar-refractivity contribution in [2.75, 3.05) is 32.8 Å². The van der Waals surface area contributed by atoms with Crippen LogP contribution in [0.2, 0.25) is 0 Å². The highest BCUT2D eigenvalue weighted by Crippen LogP contribution is 2.38. The number of aryl methyl sites for hydroxylation is 1. The molecule has 8 nitrogen and oxygen atoms in total. The van der Waals surface area contributed by atoms with Gasteiger partial charge < -0.3 is 19.3 Å². The van der Waals surface area contributed by atoms with Gasteiger partial charge in [-0.25, -0.2) is 4.79 Å². The Bertz CT molecular complexity index is 884. The summed E-state index contributed by atoms with van der Waals surface area (Å²) < 4.78 is 12.6. The van der Waals surface area contributed by atoms with E-state index in [-0.39, 0.29) is 12.0 Å². The standard InChI is InChI=1S/C19H22N4O4/c1-3-26-19(25)23-10-8-22(9-11-23)18(24)16-14-12-27-15-7-5-4-6-13(15)17(14)21(2)20-16/h4-7H,3,8-12H2,1-2H3. The lowest BCUT2D eigenvalue weighted by Crippen LogP contribution is -2.51. The quantitative estimate of drug-likeness (QED) is 0.807. The van der Waals surface area contributed by atoms with Gasteiger partial charge >= 0.3 is 6.09 Å². The molecule has 1 aromatic heterocycles. The zero-order valence-corrected chi connectivity index (χ0v) is 15.5. The van der Waals surface area contributed by atoms with Gasteiger partial charge in [-0.15, -0.1) is 0 Å². The van der Waals surface area contributed by atoms with E-state index in [4.69, 9.17) is 9.47 Å². The number of carbonyl (C=O) groups excluding carboxylic acids is 2. The van der Waals surface area contributed by atoms with Gasteiger partial charge in [-0.3, -0.25) is 9.48 Å². The first-order valence-corrected chi connectivity index (χ1v) is 9.09. The second-order valence-corrected chi connectivity index (χ2v) is 6.56. The lowest BCUT2D eigenvalue weighted by molar-refractivity contribution is 0.0563. The summed E-state index contributed by atoms with van der Waals surface area (Å²) in [7, 11) is 1.84. The van der Waals surface area contributed by atoms with Gasteiger partial charge in [0, 0.05) is 44.4 Å². The Morgan fingerprint density at radius 3 is 2.59 bits per heavy atom. The Kier molecular flexibility index (Phi) is 4.47. The first kappa shape index (κ1) is 17.4. The molecule has 4 rings (SSSR count). The summed E-state index contributed by atoms with van der Waals surface area (Å²) in [6.07, 6.45) is -0.329. The minimum atomic E-state index is -0.329. The Hall–Kier alpha value is -3.03. The number of carbonyl (C=O) groups is 2. The van der Waals surface area contributed by atoms with Crippen molar-refractivity contribution < 1.29 is 19.1 Å². The van der Waals surface area contributed by atoms with Crippen molar-refractivity contribution in [1.82, 2.24) is 19.6 Å². The molecule has 0 N–H and O–H groups in total. The molecule has 1 aromatic carbocycles. The van der Waals surface area contributed by atoms with Crippen LogP contribution in [-0.4, -0.2) is 64.4 Å². The van der Waals surface area contributed by atoms with E-state index in [1.165, 1.54) is 0 Å². The number of ether oxygens (including phenoxy) is 2. The number of amides is 2. The molecule has 2 aliphatic heterocycles. The topological polar surface area (TPSA) is 76.9 Å². The van der Waals surface area contributed by atoms with Crippen LogP contribution in [0.25, 0.3) is 11.3 Å². The van der Waals surface area contributed by atoms with Gasteiger partial charge in [-0.1, -0.05) is 12.1 Å². The third-order valence-corrected chi connectivity index (χ3v) is 4.95. The molecule has 2 amide bonds. The van der Waals surface area contributed by atoms with Crippen molar-refractivity contribution in [3.05, 3.63) is 35.5 Å². The van der Waals surface area contributed by atoms with Gasteiger partial charge in [0.25, 0.3) is 5.91 Å². The summed E-state index contributed by atoms with van der Waals surface area (Å²) in [6.45, 7) is 4.28. The summed E-state index contributed by atoms with van der Waals surface area (Å²) >= 11 is 0. The highest BCUT2D eigenvalue weighted by molar-refractivity contribution is 5.96. The van der Waals surface area contributed by atoms with Gasteiger partial charge in [0.1, 0.15) is 12.4 Å². The fraction of sp³-hybridized carbons (Fsp3) is 0.421. The van der Waals surface area contributed by atoms with Crippen LogP contribution in [0.4, 0.5) is 4.79 Å². The van der Waals surface area contributed by atoms with Gasteiger partial charge in [0.2, 0.25) is 0 Å². The molecule has 0 spiro atoms. The van der Waals surface area contributed by atoms with Gasteiger partial charge in [-0.2, -0.15) is 5.10 Å². The van der Waals surface area contributed by atoms with Crippen LogP contribution in [0, 0.1) is 0 Å². The van der Waals surface area contributed by atoms with E-state index in [1.54, 1.807) is 21.4 Å². The largest absolute Gasteiger partial charge is 0.488 e. The minimum absolute atomic E-state index is 0.127. The van der Waals surface area contributed by atoms with Gasteiger partial charge in [0.05, 0.1) is 12.3 Å². The summed E-state index contributed by atoms with van der Waals surface area (Å²) in [6, 6.07) is 7.76. The third-order valence-electron chi connectivity index (χ3n) is 4.95. The molecule has 0 aliphatic carbocycles. The van der Waals surface area contributed by atoms with Crippen molar-refractivity contribution in [2.45, 2.75) is 13.5 Å². The predicted octanol–water partition coefficient (Wildman–Crippen LogP) is 1.89. The molecule has 2 aliphatic rings. The second kappa shape index (κ2) is 6.94. The van der Waals surface area contributed by atoms with E-state index in [1.807, 2.05) is 31.3 Å². The number of nitrogens with zero attached hydrogens (tertiary/aromatic N) is 4. The number of fused-ring (bicyclic) bond motifs is 3. The highest BCUT2D eigenvalue weighted by atomic mass is 16.6. The average Bonchev–Trinajstić information content (AvgIpc) is 3.05. The summed E-state index contributed by atoms with van der Waals surface area (Å²) in [5, 5.41) is 4.49. The lowest BCUT2D eigenvalue weighted by Gasteiger charge is -2.33. The maximum atomic E-state index is 13.1. The zero-order chi connectivity index (χ0) is 19.0. The van der Waals surface area contributed by atoms with E-state index in [0.29, 0.717) is 45.1 Å². The molecule has 142 valence electrons. The molecule has 1 fully saturated rings. The van der Waals surface area contributed by atoms with Crippen molar-refractivity contribution >= 4 is 12.0 Å². The maximum absolute atomic E-state index is 13.1. The number of benzene rings is 1. The first-order chi connectivity index (χ1) is 13.1. The molecule has 0 bridgehead atoms. The maximum Gasteiger partial charge on any atom is 0.409 e. The molecule has 1 saturated heterocycles. The molecule has 0 saturated carbocycles. The van der Waals surface area contributed by atoms with Crippen LogP contribution < -0.4 is 4.74 Å². The van der Waals surface area contributed by atoms with Crippen LogP contribution >= 0.6 is 0 Å². The van der Waals surface area contributed by atoms with E-state index >= 15 is 0 Å². The smallest absolute Gasteiger partial charge is 0.409 e. The van der Waals surface area contributed by atoms with E-state index in [9.17, 15) is 9.59 Å². The van der Waals surface area contributed by atoms with Crippen LogP contribution in [0.1, 0.15) is 23.0 Å². The number of rotatable bonds is 2. The van der Waals surface area contributed by atoms with Crippen molar-refractivity contribution in [2.24, 2.45) is 7.05 Å². The van der Waals surface area contributed by atoms with E-state index in [0.717, 1.165) is 22.6 Å². The summed E-state index contributed by atoms with van der Waals surface area (Å²) in [5.41, 5.74) is 3.10. The van der Waals surface area contributed by atoms with Gasteiger partial charge in [-0.05, 0) is 19.1 Å². The molecule has 3 heterocycles. The molecular weight excluding hydrogens is 348 g/mol. The van der Waals surface area contributed by atoms with Crippen LogP contribution in [-0.2, 0) is 18.4 Å². The van der Waals surface area contributed by atoms with Crippen molar-refractivity contribution in [3.63, 3.8) is 0 Å². The van der Waals surface area contributed by atoms with Gasteiger partial charge in [0.15, 0.2) is 5.69 Å².